The van der Waals surface area contributed by atoms with Crippen LogP contribution in [0.4, 0.5) is 8.78 Å². The van der Waals surface area contributed by atoms with Gasteiger partial charge in [-0.3, -0.25) is 9.78 Å². The van der Waals surface area contributed by atoms with Gasteiger partial charge in [0, 0.05) is 29.6 Å². The Bertz CT molecular complexity index is 900. The number of aromatic nitrogens is 2. The SMILES string of the molecule is CCC(NC(=O)c1cc(-c2cccnc2)on1)c1ccccc1OC(F)F. The van der Waals surface area contributed by atoms with Crippen molar-refractivity contribution in [1.82, 2.24) is 15.5 Å². The standard InChI is InChI=1S/C19H17F2N3O3/c1-2-14(13-7-3-4-8-16(13)26-19(20)21)23-18(25)15-10-17(27-24-15)12-6-5-9-22-11-12/h3-11,14,19H,2H2,1H3,(H,23,25). The van der Waals surface area contributed by atoms with E-state index in [1.807, 2.05) is 6.92 Å². The quantitative estimate of drug-likeness (QED) is 0.671. The Morgan fingerprint density at radius 3 is 2.78 bits per heavy atom. The first-order valence-corrected chi connectivity index (χ1v) is 8.30. The summed E-state index contributed by atoms with van der Waals surface area (Å²) in [7, 11) is 0. The fourth-order valence-corrected chi connectivity index (χ4v) is 2.63. The van der Waals surface area contributed by atoms with E-state index in [1.54, 1.807) is 42.7 Å². The van der Waals surface area contributed by atoms with Crippen molar-refractivity contribution in [2.45, 2.75) is 26.0 Å². The molecule has 3 aromatic rings. The molecule has 0 saturated heterocycles. The summed E-state index contributed by atoms with van der Waals surface area (Å²) >= 11 is 0. The van der Waals surface area contributed by atoms with Gasteiger partial charge in [0.2, 0.25) is 0 Å². The third-order valence-electron chi connectivity index (χ3n) is 3.91. The molecule has 140 valence electrons. The molecule has 0 aliphatic carbocycles. The van der Waals surface area contributed by atoms with Crippen LogP contribution in [0.25, 0.3) is 11.3 Å². The summed E-state index contributed by atoms with van der Waals surface area (Å²) in [5.41, 5.74) is 1.23. The van der Waals surface area contributed by atoms with E-state index in [0.717, 1.165) is 0 Å². The number of halogens is 2. The number of hydrogen-bond acceptors (Lipinski definition) is 5. The van der Waals surface area contributed by atoms with Gasteiger partial charge in [0.05, 0.1) is 6.04 Å². The lowest BCUT2D eigenvalue weighted by Gasteiger charge is -2.20. The van der Waals surface area contributed by atoms with Crippen LogP contribution in [0.15, 0.2) is 59.4 Å². The maximum Gasteiger partial charge on any atom is 0.387 e. The molecule has 8 heteroatoms. The highest BCUT2D eigenvalue weighted by Gasteiger charge is 2.21. The molecule has 0 aliphatic heterocycles. The van der Waals surface area contributed by atoms with Gasteiger partial charge in [-0.05, 0) is 24.6 Å². The van der Waals surface area contributed by atoms with Gasteiger partial charge < -0.3 is 14.6 Å². The molecule has 1 unspecified atom stereocenters. The Kier molecular flexibility index (Phi) is 5.75. The van der Waals surface area contributed by atoms with Crippen molar-refractivity contribution < 1.29 is 22.8 Å². The molecule has 0 bridgehead atoms. The first-order chi connectivity index (χ1) is 13.1. The van der Waals surface area contributed by atoms with Crippen LogP contribution < -0.4 is 10.1 Å². The van der Waals surface area contributed by atoms with Gasteiger partial charge in [0.25, 0.3) is 5.91 Å². The molecule has 1 aromatic carbocycles. The molecule has 0 fully saturated rings. The maximum atomic E-state index is 12.6. The largest absolute Gasteiger partial charge is 0.434 e. The van der Waals surface area contributed by atoms with Gasteiger partial charge in [-0.1, -0.05) is 30.3 Å². The highest BCUT2D eigenvalue weighted by molar-refractivity contribution is 5.93. The van der Waals surface area contributed by atoms with Crippen LogP contribution in [0.3, 0.4) is 0 Å². The number of para-hydroxylation sites is 1. The van der Waals surface area contributed by atoms with Crippen LogP contribution in [-0.4, -0.2) is 22.7 Å². The van der Waals surface area contributed by atoms with E-state index >= 15 is 0 Å². The van der Waals surface area contributed by atoms with E-state index in [-0.39, 0.29) is 11.4 Å². The number of carbonyl (C=O) groups excluding carboxylic acids is 1. The molecular weight excluding hydrogens is 356 g/mol. The number of rotatable bonds is 7. The summed E-state index contributed by atoms with van der Waals surface area (Å²) in [5.74, 6) is -0.0498. The molecule has 3 rings (SSSR count). The fourth-order valence-electron chi connectivity index (χ4n) is 2.63. The smallest absolute Gasteiger partial charge is 0.387 e. The minimum atomic E-state index is -2.95. The second kappa shape index (κ2) is 8.39. The van der Waals surface area contributed by atoms with Crippen LogP contribution in [0.1, 0.15) is 35.4 Å². The van der Waals surface area contributed by atoms with Crippen LogP contribution >= 0.6 is 0 Å². The Balaban J connectivity index is 1.78. The van der Waals surface area contributed by atoms with E-state index in [2.05, 4.69) is 20.2 Å². The van der Waals surface area contributed by atoms with E-state index in [4.69, 9.17) is 4.52 Å². The van der Waals surface area contributed by atoms with Crippen LogP contribution in [0, 0.1) is 0 Å². The number of pyridine rings is 1. The molecule has 0 spiro atoms. The van der Waals surface area contributed by atoms with Crippen molar-refractivity contribution in [1.29, 1.82) is 0 Å². The lowest BCUT2D eigenvalue weighted by molar-refractivity contribution is -0.0506. The second-order valence-electron chi connectivity index (χ2n) is 5.67. The topological polar surface area (TPSA) is 77.3 Å². The molecule has 0 aliphatic rings. The first-order valence-electron chi connectivity index (χ1n) is 8.30. The zero-order valence-electron chi connectivity index (χ0n) is 14.4. The molecule has 2 aromatic heterocycles. The molecule has 2 heterocycles. The molecule has 0 radical (unpaired) electrons. The zero-order valence-corrected chi connectivity index (χ0v) is 14.4. The maximum absolute atomic E-state index is 12.6. The van der Waals surface area contributed by atoms with Crippen molar-refractivity contribution in [3.8, 4) is 17.1 Å². The van der Waals surface area contributed by atoms with E-state index in [0.29, 0.717) is 23.3 Å². The normalized spacial score (nSPS) is 12.0. The molecular formula is C19H17F2N3O3. The minimum absolute atomic E-state index is 0.0239. The molecule has 0 saturated carbocycles. The summed E-state index contributed by atoms with van der Waals surface area (Å²) in [6.45, 7) is -1.12. The summed E-state index contributed by atoms with van der Waals surface area (Å²) < 4.78 is 35.0. The Morgan fingerprint density at radius 2 is 2.07 bits per heavy atom. The van der Waals surface area contributed by atoms with Crippen molar-refractivity contribution in [2.75, 3.05) is 0 Å². The summed E-state index contributed by atoms with van der Waals surface area (Å²) in [4.78, 5) is 16.5. The molecule has 1 amide bonds. The zero-order chi connectivity index (χ0) is 19.2. The number of benzene rings is 1. The highest BCUT2D eigenvalue weighted by atomic mass is 19.3. The number of nitrogens with zero attached hydrogens (tertiary/aromatic N) is 2. The lowest BCUT2D eigenvalue weighted by atomic mass is 10.0. The summed E-state index contributed by atoms with van der Waals surface area (Å²) in [5, 5.41) is 6.55. The summed E-state index contributed by atoms with van der Waals surface area (Å²) in [6.07, 6.45) is 3.69. The Labute approximate surface area is 154 Å². The fraction of sp³-hybridized carbons (Fsp3) is 0.211. The summed E-state index contributed by atoms with van der Waals surface area (Å²) in [6, 6.07) is 10.9. The van der Waals surface area contributed by atoms with E-state index < -0.39 is 18.6 Å². The van der Waals surface area contributed by atoms with E-state index in [1.165, 1.54) is 12.1 Å². The number of nitrogens with one attached hydrogen (secondary N) is 1. The lowest BCUT2D eigenvalue weighted by Crippen LogP contribution is -2.28. The minimum Gasteiger partial charge on any atom is -0.434 e. The van der Waals surface area contributed by atoms with Crippen LogP contribution in [0.5, 0.6) is 5.75 Å². The Morgan fingerprint density at radius 1 is 1.26 bits per heavy atom. The number of carbonyl (C=O) groups is 1. The monoisotopic (exact) mass is 373 g/mol. The number of ether oxygens (including phenoxy) is 1. The molecule has 1 N–H and O–H groups in total. The van der Waals surface area contributed by atoms with Crippen molar-refractivity contribution in [3.63, 3.8) is 0 Å². The Hall–Kier alpha value is -3.29. The van der Waals surface area contributed by atoms with Gasteiger partial charge >= 0.3 is 6.61 Å². The third kappa shape index (κ3) is 4.46. The predicted molar refractivity (Wildman–Crippen MR) is 93.3 cm³/mol. The van der Waals surface area contributed by atoms with Crippen molar-refractivity contribution >= 4 is 5.91 Å². The molecule has 27 heavy (non-hydrogen) atoms. The molecule has 1 atom stereocenters. The first kappa shape index (κ1) is 18.5. The van der Waals surface area contributed by atoms with Crippen LogP contribution in [-0.2, 0) is 0 Å². The van der Waals surface area contributed by atoms with Gasteiger partial charge in [-0.25, -0.2) is 0 Å². The highest BCUT2D eigenvalue weighted by Crippen LogP contribution is 2.29. The van der Waals surface area contributed by atoms with Gasteiger partial charge in [-0.2, -0.15) is 8.78 Å². The van der Waals surface area contributed by atoms with Crippen molar-refractivity contribution in [3.05, 3.63) is 66.1 Å². The average molecular weight is 373 g/mol. The number of alkyl halides is 2. The number of amides is 1. The number of hydrogen-bond donors (Lipinski definition) is 1. The van der Waals surface area contributed by atoms with Crippen LogP contribution in [0.2, 0.25) is 0 Å². The van der Waals surface area contributed by atoms with Crippen molar-refractivity contribution in [2.24, 2.45) is 0 Å². The third-order valence-corrected chi connectivity index (χ3v) is 3.91. The molecule has 6 nitrogen and oxygen atoms in total. The van der Waals surface area contributed by atoms with Gasteiger partial charge in [-0.15, -0.1) is 0 Å². The predicted octanol–water partition coefficient (Wildman–Crippen LogP) is 4.22. The average Bonchev–Trinajstić information content (AvgIpc) is 3.17. The van der Waals surface area contributed by atoms with Gasteiger partial charge in [0.1, 0.15) is 5.75 Å². The van der Waals surface area contributed by atoms with E-state index in [9.17, 15) is 13.6 Å². The van der Waals surface area contributed by atoms with Gasteiger partial charge in [0.15, 0.2) is 11.5 Å². The second-order valence-corrected chi connectivity index (χ2v) is 5.67.